The molecule has 0 heterocycles. The fraction of sp³-hybridized carbons (Fsp3) is 0.727. The van der Waals surface area contributed by atoms with Gasteiger partial charge in [0.15, 0.2) is 0 Å². The number of allylic oxidation sites excluding steroid dienone is 2. The summed E-state index contributed by atoms with van der Waals surface area (Å²) in [6, 6.07) is 0. The predicted molar refractivity (Wildman–Crippen MR) is 47.4 cm³/mol. The van der Waals surface area contributed by atoms with Gasteiger partial charge in [-0.15, -0.1) is 0 Å². The molecule has 3 aliphatic rings. The molecule has 69 valence electrons. The molecule has 3 rings (SSSR count). The van der Waals surface area contributed by atoms with E-state index in [1.807, 2.05) is 0 Å². The second kappa shape index (κ2) is 3.58. The number of ketones is 1. The Hall–Kier alpha value is 0.514. The largest absolute Gasteiger partial charge is 0.427 e. The fourth-order valence-electron chi connectivity index (χ4n) is 2.63. The van der Waals surface area contributed by atoms with E-state index in [1.165, 1.54) is 5.57 Å². The zero-order valence-electron chi connectivity index (χ0n) is 8.55. The standard InChI is InChI=1S/C11H15O.Y/c1-4-7-5-10(12)9-6-8(7)11(9,2)3;/h8-9H,4,6H2,1-3H3;/q-1;/t8-,9?;/m1./s1. The zero-order valence-corrected chi connectivity index (χ0v) is 11.4. The van der Waals surface area contributed by atoms with Crippen LogP contribution in [0.15, 0.2) is 5.57 Å². The van der Waals surface area contributed by atoms with Crippen molar-refractivity contribution in [1.82, 2.24) is 0 Å². The Balaban J connectivity index is 0.000000845. The van der Waals surface area contributed by atoms with Crippen LogP contribution < -0.4 is 0 Å². The van der Waals surface area contributed by atoms with Crippen molar-refractivity contribution in [1.29, 1.82) is 0 Å². The van der Waals surface area contributed by atoms with Crippen molar-refractivity contribution < 1.29 is 37.5 Å². The predicted octanol–water partition coefficient (Wildman–Crippen LogP) is 2.37. The van der Waals surface area contributed by atoms with Gasteiger partial charge in [-0.25, -0.2) is 5.57 Å². The van der Waals surface area contributed by atoms with E-state index in [-0.39, 0.29) is 49.8 Å². The van der Waals surface area contributed by atoms with E-state index in [2.05, 4.69) is 26.8 Å². The third-order valence-corrected chi connectivity index (χ3v) is 3.67. The number of hydrogen-bond donors (Lipinski definition) is 0. The first-order chi connectivity index (χ1) is 5.57. The summed E-state index contributed by atoms with van der Waals surface area (Å²) < 4.78 is 0. The quantitative estimate of drug-likeness (QED) is 0.655. The van der Waals surface area contributed by atoms with Gasteiger partial charge in [0.2, 0.25) is 0 Å². The second-order valence-electron chi connectivity index (χ2n) is 4.53. The van der Waals surface area contributed by atoms with Crippen molar-refractivity contribution in [3.8, 4) is 0 Å². The van der Waals surface area contributed by atoms with Crippen LogP contribution in [0.1, 0.15) is 33.6 Å². The maximum atomic E-state index is 11.5. The molecule has 13 heavy (non-hydrogen) atoms. The van der Waals surface area contributed by atoms with Crippen molar-refractivity contribution in [2.24, 2.45) is 17.3 Å². The number of fused-ring (bicyclic) bond motifs is 1. The monoisotopic (exact) mass is 252 g/mol. The number of Topliss-reactive ketones (excluding diaryl/α,β-unsaturated/α-hetero) is 1. The number of hydrogen-bond acceptors (Lipinski definition) is 1. The molecule has 0 N–H and O–H groups in total. The van der Waals surface area contributed by atoms with Crippen molar-refractivity contribution in [3.63, 3.8) is 0 Å². The van der Waals surface area contributed by atoms with Crippen molar-refractivity contribution >= 4 is 5.78 Å². The van der Waals surface area contributed by atoms with E-state index in [9.17, 15) is 4.79 Å². The number of carbonyl (C=O) groups excluding carboxylic acids is 1. The van der Waals surface area contributed by atoms with Gasteiger partial charge in [0, 0.05) is 32.7 Å². The normalized spacial score (nSPS) is 34.4. The molecule has 0 saturated heterocycles. The van der Waals surface area contributed by atoms with E-state index in [0.717, 1.165) is 12.8 Å². The maximum absolute atomic E-state index is 11.5. The van der Waals surface area contributed by atoms with Crippen LogP contribution in [-0.2, 0) is 37.5 Å². The maximum Gasteiger partial charge on any atom is 0 e. The fourth-order valence-corrected chi connectivity index (χ4v) is 2.63. The Bertz CT molecular complexity index is 265. The number of rotatable bonds is 1. The van der Waals surface area contributed by atoms with Crippen LogP contribution in [0.2, 0.25) is 0 Å². The van der Waals surface area contributed by atoms with Gasteiger partial charge in [-0.1, -0.05) is 27.2 Å². The molecule has 1 radical (unpaired) electrons. The molecular formula is C11H15OY-. The third kappa shape index (κ3) is 1.49. The molecule has 1 nitrogen and oxygen atoms in total. The summed E-state index contributed by atoms with van der Waals surface area (Å²) in [5.74, 6) is 1.17. The van der Waals surface area contributed by atoms with Crippen LogP contribution in [0.25, 0.3) is 0 Å². The minimum absolute atomic E-state index is 0. The van der Waals surface area contributed by atoms with E-state index in [0.29, 0.717) is 5.92 Å². The second-order valence-corrected chi connectivity index (χ2v) is 4.53. The Labute approximate surface area is 105 Å². The van der Waals surface area contributed by atoms with Gasteiger partial charge >= 0.3 is 0 Å². The summed E-state index contributed by atoms with van der Waals surface area (Å²) in [7, 11) is 0. The van der Waals surface area contributed by atoms with Crippen LogP contribution in [0.3, 0.4) is 0 Å². The summed E-state index contributed by atoms with van der Waals surface area (Å²) in [5.41, 5.74) is 1.49. The zero-order chi connectivity index (χ0) is 8.93. The Kier molecular flexibility index (Phi) is 3.19. The van der Waals surface area contributed by atoms with Crippen LogP contribution in [0.4, 0.5) is 0 Å². The van der Waals surface area contributed by atoms with Crippen molar-refractivity contribution in [3.05, 3.63) is 11.6 Å². The molecule has 0 amide bonds. The first kappa shape index (κ1) is 11.6. The average molecular weight is 252 g/mol. The summed E-state index contributed by atoms with van der Waals surface area (Å²) >= 11 is 0. The molecule has 1 saturated carbocycles. The van der Waals surface area contributed by atoms with Crippen molar-refractivity contribution in [2.75, 3.05) is 0 Å². The molecule has 1 fully saturated rings. The Morgan fingerprint density at radius 3 is 2.46 bits per heavy atom. The molecule has 2 atom stereocenters. The molecule has 0 aromatic rings. The SMILES string of the molecule is CCC1=[C-]C(=O)C2C[C@H]1C2(C)C.[Y]. The van der Waals surface area contributed by atoms with E-state index < -0.39 is 0 Å². The molecular weight excluding hydrogens is 237 g/mol. The number of carbonyl (C=O) groups is 1. The van der Waals surface area contributed by atoms with Crippen LogP contribution in [0, 0.1) is 23.3 Å². The van der Waals surface area contributed by atoms with Gasteiger partial charge in [-0.2, -0.15) is 0 Å². The molecule has 0 aromatic carbocycles. The summed E-state index contributed by atoms with van der Waals surface area (Å²) in [4.78, 5) is 11.5. The average Bonchev–Trinajstić information content (AvgIpc) is 2.02. The van der Waals surface area contributed by atoms with Crippen LogP contribution >= 0.6 is 0 Å². The van der Waals surface area contributed by atoms with E-state index in [4.69, 9.17) is 0 Å². The molecule has 3 aliphatic carbocycles. The van der Waals surface area contributed by atoms with Gasteiger partial charge in [0.1, 0.15) is 0 Å². The van der Waals surface area contributed by atoms with Gasteiger partial charge in [-0.05, 0) is 29.5 Å². The van der Waals surface area contributed by atoms with Crippen molar-refractivity contribution in [2.45, 2.75) is 33.6 Å². The molecule has 2 heteroatoms. The first-order valence-electron chi connectivity index (χ1n) is 4.74. The molecule has 1 unspecified atom stereocenters. The molecule has 0 spiro atoms. The first-order valence-corrected chi connectivity index (χ1v) is 4.74. The minimum atomic E-state index is 0. The Morgan fingerprint density at radius 1 is 1.46 bits per heavy atom. The van der Waals surface area contributed by atoms with Crippen LogP contribution in [-0.4, -0.2) is 5.78 Å². The van der Waals surface area contributed by atoms with E-state index >= 15 is 0 Å². The third-order valence-electron chi connectivity index (χ3n) is 3.67. The smallest absolute Gasteiger partial charge is 0 e. The summed E-state index contributed by atoms with van der Waals surface area (Å²) in [5, 5.41) is 0. The summed E-state index contributed by atoms with van der Waals surface area (Å²) in [6.45, 7) is 6.53. The van der Waals surface area contributed by atoms with Gasteiger partial charge < -0.3 is 10.9 Å². The van der Waals surface area contributed by atoms with Crippen LogP contribution in [0.5, 0.6) is 0 Å². The van der Waals surface area contributed by atoms with Gasteiger partial charge in [0.05, 0.1) is 0 Å². The molecule has 2 bridgehead atoms. The molecule has 0 aliphatic heterocycles. The minimum Gasteiger partial charge on any atom is -0.427 e. The topological polar surface area (TPSA) is 17.1 Å². The van der Waals surface area contributed by atoms with Gasteiger partial charge in [-0.3, -0.25) is 0 Å². The summed E-state index contributed by atoms with van der Waals surface area (Å²) in [6.07, 6.45) is 5.08. The van der Waals surface area contributed by atoms with E-state index in [1.54, 1.807) is 0 Å². The molecule has 0 aromatic heterocycles. The Morgan fingerprint density at radius 2 is 2.08 bits per heavy atom. The van der Waals surface area contributed by atoms with Gasteiger partial charge in [0.25, 0.3) is 0 Å².